The van der Waals surface area contributed by atoms with Gasteiger partial charge in [-0.3, -0.25) is 19.2 Å². The second-order valence-electron chi connectivity index (χ2n) is 14.5. The first-order valence-corrected chi connectivity index (χ1v) is 17.4. The van der Waals surface area contributed by atoms with Gasteiger partial charge in [0.25, 0.3) is 5.91 Å². The van der Waals surface area contributed by atoms with Crippen LogP contribution in [0.15, 0.2) is 103 Å². The zero-order valence-corrected chi connectivity index (χ0v) is 29.9. The maximum atomic E-state index is 14.3. The van der Waals surface area contributed by atoms with E-state index in [4.69, 9.17) is 4.74 Å². The summed E-state index contributed by atoms with van der Waals surface area (Å²) in [4.78, 5) is 54.0. The van der Waals surface area contributed by atoms with Crippen molar-refractivity contribution in [1.29, 1.82) is 0 Å². The van der Waals surface area contributed by atoms with Crippen molar-refractivity contribution in [1.82, 2.24) is 10.6 Å². The highest BCUT2D eigenvalue weighted by Gasteiger charge is 2.51. The summed E-state index contributed by atoms with van der Waals surface area (Å²) in [5.41, 5.74) is 3.10. The lowest BCUT2D eigenvalue weighted by atomic mass is 9.68. The van der Waals surface area contributed by atoms with E-state index in [0.29, 0.717) is 23.4 Å². The zero-order valence-electron chi connectivity index (χ0n) is 29.9. The molecule has 1 heterocycles. The number of rotatable bonds is 14. The number of nitrogens with one attached hydrogen (secondary N) is 3. The molecule has 1 aliphatic heterocycles. The Morgan fingerprint density at radius 2 is 1.47 bits per heavy atom. The molecule has 0 radical (unpaired) electrons. The lowest BCUT2D eigenvalue weighted by Crippen LogP contribution is -2.53. The minimum atomic E-state index is -1.27. The Labute approximate surface area is 299 Å². The molecule has 4 aromatic carbocycles. The van der Waals surface area contributed by atoms with E-state index in [-0.39, 0.29) is 23.7 Å². The van der Waals surface area contributed by atoms with E-state index >= 15 is 0 Å². The number of aliphatic hydroxyl groups is 1. The number of hydrogen-bond acceptors (Lipinski definition) is 6. The summed E-state index contributed by atoms with van der Waals surface area (Å²) in [6, 6.07) is 30.1. The summed E-state index contributed by atoms with van der Waals surface area (Å²) >= 11 is 0. The smallest absolute Gasteiger partial charge is 0.258 e. The molecule has 0 saturated heterocycles. The van der Waals surface area contributed by atoms with Crippen LogP contribution in [0.25, 0.3) is 0 Å². The number of ketones is 1. The molecule has 5 rings (SSSR count). The Morgan fingerprint density at radius 1 is 0.824 bits per heavy atom. The zero-order chi connectivity index (χ0) is 36.8. The minimum absolute atomic E-state index is 0.0336. The van der Waals surface area contributed by atoms with Crippen molar-refractivity contribution in [2.45, 2.75) is 70.4 Å². The molecule has 51 heavy (non-hydrogen) atoms. The molecule has 0 spiro atoms. The molecule has 0 bridgehead atoms. The van der Waals surface area contributed by atoms with Crippen molar-refractivity contribution in [3.8, 4) is 5.75 Å². The Balaban J connectivity index is 1.44. The molecule has 0 aliphatic carbocycles. The molecule has 0 aromatic heterocycles. The van der Waals surface area contributed by atoms with Gasteiger partial charge in [-0.25, -0.2) is 0 Å². The van der Waals surface area contributed by atoms with Crippen molar-refractivity contribution in [3.63, 3.8) is 0 Å². The van der Waals surface area contributed by atoms with Gasteiger partial charge < -0.3 is 25.8 Å². The maximum Gasteiger partial charge on any atom is 0.258 e. The summed E-state index contributed by atoms with van der Waals surface area (Å²) in [5.74, 6) is -1.44. The largest absolute Gasteiger partial charge is 0.483 e. The third-order valence-corrected chi connectivity index (χ3v) is 9.24. The Morgan fingerprint density at radius 3 is 2.12 bits per heavy atom. The number of amides is 3. The van der Waals surface area contributed by atoms with Crippen molar-refractivity contribution in [2.75, 3.05) is 18.5 Å². The predicted molar refractivity (Wildman–Crippen MR) is 198 cm³/mol. The van der Waals surface area contributed by atoms with E-state index in [1.165, 1.54) is 0 Å². The predicted octanol–water partition coefficient (Wildman–Crippen LogP) is 5.47. The van der Waals surface area contributed by atoms with Crippen LogP contribution in [0, 0.1) is 5.92 Å². The molecular weight excluding hydrogens is 642 g/mol. The summed E-state index contributed by atoms with van der Waals surface area (Å²) in [6.07, 6.45) is 0.507. The lowest BCUT2D eigenvalue weighted by molar-refractivity contribution is -0.133. The number of fused-ring (bicyclic) bond motifs is 1. The van der Waals surface area contributed by atoms with E-state index in [1.807, 2.05) is 111 Å². The summed E-state index contributed by atoms with van der Waals surface area (Å²) in [5, 5.41) is 18.3. The molecule has 4 aromatic rings. The molecule has 4 N–H and O–H groups in total. The van der Waals surface area contributed by atoms with Crippen LogP contribution in [-0.4, -0.2) is 53.9 Å². The number of ether oxygens (including phenoxy) is 1. The highest BCUT2D eigenvalue weighted by atomic mass is 16.5. The van der Waals surface area contributed by atoms with E-state index in [9.17, 15) is 24.3 Å². The quantitative estimate of drug-likeness (QED) is 0.139. The van der Waals surface area contributed by atoms with Gasteiger partial charge >= 0.3 is 0 Å². The SMILES string of the molecule is CC(C)CC(NC(=O)COc1ccc(C(C)(C)C)cc1C1(c2ccccc2)C(=O)Nc2ccccc21)C(=O)NC(Cc1ccccc1)C(=O)CO. The van der Waals surface area contributed by atoms with Crippen molar-refractivity contribution in [3.05, 3.63) is 131 Å². The van der Waals surface area contributed by atoms with Crippen LogP contribution in [0.5, 0.6) is 5.75 Å². The molecule has 0 fully saturated rings. The highest BCUT2D eigenvalue weighted by molar-refractivity contribution is 6.11. The standard InChI is InChI=1S/C42H47N3O6/c1-27(2)22-35(39(49)44-34(36(47)25-46)23-28-14-8-6-9-15-28)43-38(48)26-51-37-21-20-30(41(3,4)5)24-32(37)42(29-16-10-7-11-17-29)31-18-12-13-19-33(31)45-40(42)50/h6-21,24,27,34-35,46H,22-23,25-26H2,1-5H3,(H,43,48)(H,44,49)(H,45,50). The number of carbonyl (C=O) groups excluding carboxylic acids is 4. The molecule has 9 heteroatoms. The summed E-state index contributed by atoms with van der Waals surface area (Å²) in [6.45, 7) is 8.99. The van der Waals surface area contributed by atoms with Gasteiger partial charge in [0.15, 0.2) is 12.4 Å². The molecule has 3 amide bonds. The average Bonchev–Trinajstić information content (AvgIpc) is 3.41. The molecule has 3 atom stereocenters. The van der Waals surface area contributed by atoms with Crippen LogP contribution in [-0.2, 0) is 36.4 Å². The van der Waals surface area contributed by atoms with Crippen molar-refractivity contribution >= 4 is 29.2 Å². The van der Waals surface area contributed by atoms with Gasteiger partial charge in [0, 0.05) is 16.8 Å². The highest BCUT2D eigenvalue weighted by Crippen LogP contribution is 2.51. The fourth-order valence-corrected chi connectivity index (χ4v) is 6.63. The third kappa shape index (κ3) is 8.21. The number of Topliss-reactive ketones (excluding diaryl/α,β-unsaturated/α-hetero) is 1. The molecule has 0 saturated carbocycles. The van der Waals surface area contributed by atoms with Crippen LogP contribution in [0.4, 0.5) is 5.69 Å². The lowest BCUT2D eigenvalue weighted by Gasteiger charge is -2.32. The van der Waals surface area contributed by atoms with E-state index < -0.39 is 48.3 Å². The fourth-order valence-electron chi connectivity index (χ4n) is 6.63. The molecule has 1 aliphatic rings. The topological polar surface area (TPSA) is 134 Å². The fraction of sp³-hybridized carbons (Fsp3) is 0.333. The van der Waals surface area contributed by atoms with Gasteiger partial charge in [-0.1, -0.05) is 120 Å². The summed E-state index contributed by atoms with van der Waals surface area (Å²) < 4.78 is 6.28. The Bertz CT molecular complexity index is 1870. The normalized spacial score (nSPS) is 16.5. The van der Waals surface area contributed by atoms with Crippen molar-refractivity contribution < 1.29 is 29.0 Å². The van der Waals surface area contributed by atoms with Crippen LogP contribution in [0.1, 0.15) is 68.9 Å². The third-order valence-electron chi connectivity index (χ3n) is 9.24. The average molecular weight is 690 g/mol. The van der Waals surface area contributed by atoms with Gasteiger partial charge in [-0.05, 0) is 59.1 Å². The number of para-hydroxylation sites is 1. The first-order chi connectivity index (χ1) is 24.3. The second kappa shape index (κ2) is 15.7. The van der Waals surface area contributed by atoms with Crippen LogP contribution in [0.2, 0.25) is 0 Å². The van der Waals surface area contributed by atoms with Gasteiger partial charge in [0.05, 0.1) is 6.04 Å². The van der Waals surface area contributed by atoms with Crippen LogP contribution >= 0.6 is 0 Å². The number of benzene rings is 4. The number of anilines is 1. The van der Waals surface area contributed by atoms with Crippen LogP contribution < -0.4 is 20.7 Å². The van der Waals surface area contributed by atoms with Crippen LogP contribution in [0.3, 0.4) is 0 Å². The number of aliphatic hydroxyl groups excluding tert-OH is 1. The molecule has 3 unspecified atom stereocenters. The summed E-state index contributed by atoms with van der Waals surface area (Å²) in [7, 11) is 0. The van der Waals surface area contributed by atoms with Gasteiger partial charge in [0.2, 0.25) is 11.8 Å². The van der Waals surface area contributed by atoms with E-state index in [1.54, 1.807) is 6.07 Å². The molecule has 9 nitrogen and oxygen atoms in total. The molecular formula is C42H47N3O6. The maximum absolute atomic E-state index is 14.3. The Kier molecular flexibility index (Phi) is 11.4. The van der Waals surface area contributed by atoms with Gasteiger partial charge in [0.1, 0.15) is 23.8 Å². The van der Waals surface area contributed by atoms with Gasteiger partial charge in [-0.2, -0.15) is 0 Å². The van der Waals surface area contributed by atoms with E-state index in [2.05, 4.69) is 36.7 Å². The van der Waals surface area contributed by atoms with E-state index in [0.717, 1.165) is 22.3 Å². The minimum Gasteiger partial charge on any atom is -0.483 e. The van der Waals surface area contributed by atoms with Gasteiger partial charge in [-0.15, -0.1) is 0 Å². The monoisotopic (exact) mass is 689 g/mol. The number of carbonyl (C=O) groups is 4. The first-order valence-electron chi connectivity index (χ1n) is 17.4. The Hall–Kier alpha value is -5.28. The van der Waals surface area contributed by atoms with Crippen molar-refractivity contribution in [2.24, 2.45) is 5.92 Å². The first kappa shape index (κ1) is 37.0. The number of hydrogen-bond donors (Lipinski definition) is 4. The second-order valence-corrected chi connectivity index (χ2v) is 14.5. The molecule has 266 valence electrons.